The molecular weight excluding hydrogens is 191 g/mol. The monoisotopic (exact) mass is 202 g/mol. The molecule has 1 aromatic heterocycles. The number of halogens is 1. The SMILES string of the molecule is NCc1cc(F)cc(-c2ccncc2)c1. The number of nitrogens with zero attached hydrogens (tertiary/aromatic N) is 1. The van der Waals surface area contributed by atoms with Crippen LogP contribution in [0.25, 0.3) is 11.1 Å². The van der Waals surface area contributed by atoms with Gasteiger partial charge in [0, 0.05) is 18.9 Å². The minimum atomic E-state index is -0.259. The Kier molecular flexibility index (Phi) is 2.74. The summed E-state index contributed by atoms with van der Waals surface area (Å²) < 4.78 is 13.2. The van der Waals surface area contributed by atoms with Crippen molar-refractivity contribution < 1.29 is 4.39 Å². The quantitative estimate of drug-likeness (QED) is 0.811. The third-order valence-electron chi connectivity index (χ3n) is 2.21. The van der Waals surface area contributed by atoms with Crippen molar-refractivity contribution in [2.45, 2.75) is 6.54 Å². The summed E-state index contributed by atoms with van der Waals surface area (Å²) >= 11 is 0. The fourth-order valence-corrected chi connectivity index (χ4v) is 1.48. The largest absolute Gasteiger partial charge is 0.326 e. The molecule has 0 atom stereocenters. The van der Waals surface area contributed by atoms with Crippen LogP contribution in [0.3, 0.4) is 0 Å². The first-order valence-electron chi connectivity index (χ1n) is 4.69. The molecule has 0 unspecified atom stereocenters. The number of aromatic nitrogens is 1. The molecule has 1 heterocycles. The van der Waals surface area contributed by atoms with Crippen LogP contribution >= 0.6 is 0 Å². The molecule has 1 aromatic carbocycles. The molecule has 0 aliphatic rings. The smallest absolute Gasteiger partial charge is 0.124 e. The van der Waals surface area contributed by atoms with Crippen molar-refractivity contribution in [1.29, 1.82) is 0 Å². The number of nitrogens with two attached hydrogens (primary N) is 1. The first kappa shape index (κ1) is 9.80. The molecule has 0 amide bonds. The number of hydrogen-bond donors (Lipinski definition) is 1. The van der Waals surface area contributed by atoms with E-state index in [0.717, 1.165) is 16.7 Å². The average Bonchev–Trinajstić information content (AvgIpc) is 2.29. The van der Waals surface area contributed by atoms with E-state index in [1.807, 2.05) is 18.2 Å². The zero-order chi connectivity index (χ0) is 10.7. The van der Waals surface area contributed by atoms with Crippen molar-refractivity contribution in [3.8, 4) is 11.1 Å². The zero-order valence-electron chi connectivity index (χ0n) is 8.15. The molecule has 2 N–H and O–H groups in total. The second kappa shape index (κ2) is 4.19. The molecule has 76 valence electrons. The molecule has 3 heteroatoms. The maximum atomic E-state index is 13.2. The lowest BCUT2D eigenvalue weighted by Crippen LogP contribution is -1.97. The van der Waals surface area contributed by atoms with Gasteiger partial charge in [-0.3, -0.25) is 4.98 Å². The Hall–Kier alpha value is -1.74. The lowest BCUT2D eigenvalue weighted by Gasteiger charge is -2.04. The van der Waals surface area contributed by atoms with E-state index in [9.17, 15) is 4.39 Å². The van der Waals surface area contributed by atoms with Crippen LogP contribution in [-0.2, 0) is 6.54 Å². The summed E-state index contributed by atoms with van der Waals surface area (Å²) in [7, 11) is 0. The minimum Gasteiger partial charge on any atom is -0.326 e. The molecule has 0 fully saturated rings. The maximum absolute atomic E-state index is 13.2. The predicted molar refractivity (Wildman–Crippen MR) is 57.5 cm³/mol. The Labute approximate surface area is 87.6 Å². The number of hydrogen-bond acceptors (Lipinski definition) is 2. The number of rotatable bonds is 2. The molecule has 2 nitrogen and oxygen atoms in total. The molecule has 0 bridgehead atoms. The van der Waals surface area contributed by atoms with E-state index in [4.69, 9.17) is 5.73 Å². The Balaban J connectivity index is 2.49. The first-order valence-corrected chi connectivity index (χ1v) is 4.69. The van der Waals surface area contributed by atoms with Crippen LogP contribution in [0.5, 0.6) is 0 Å². The van der Waals surface area contributed by atoms with Gasteiger partial charge in [-0.25, -0.2) is 4.39 Å². The summed E-state index contributed by atoms with van der Waals surface area (Å²) in [5, 5.41) is 0. The van der Waals surface area contributed by atoms with Crippen LogP contribution in [0.1, 0.15) is 5.56 Å². The molecule has 2 rings (SSSR count). The van der Waals surface area contributed by atoms with Gasteiger partial charge in [0.2, 0.25) is 0 Å². The van der Waals surface area contributed by atoms with Gasteiger partial charge in [-0.15, -0.1) is 0 Å². The molecule has 0 spiro atoms. The lowest BCUT2D eigenvalue weighted by molar-refractivity contribution is 0.626. The van der Waals surface area contributed by atoms with E-state index < -0.39 is 0 Å². The van der Waals surface area contributed by atoms with Gasteiger partial charge in [-0.1, -0.05) is 0 Å². The van der Waals surface area contributed by atoms with Gasteiger partial charge in [0.1, 0.15) is 5.82 Å². The normalized spacial score (nSPS) is 10.3. The second-order valence-corrected chi connectivity index (χ2v) is 3.29. The maximum Gasteiger partial charge on any atom is 0.124 e. The lowest BCUT2D eigenvalue weighted by atomic mass is 10.0. The summed E-state index contributed by atoms with van der Waals surface area (Å²) in [5.41, 5.74) is 8.06. The molecular formula is C12H11FN2. The average molecular weight is 202 g/mol. The van der Waals surface area contributed by atoms with Gasteiger partial charge in [-0.05, 0) is 47.0 Å². The highest BCUT2D eigenvalue weighted by Gasteiger charge is 2.01. The third kappa shape index (κ3) is 2.19. The fourth-order valence-electron chi connectivity index (χ4n) is 1.48. The Morgan fingerprint density at radius 3 is 2.47 bits per heavy atom. The highest BCUT2D eigenvalue weighted by molar-refractivity contribution is 5.63. The van der Waals surface area contributed by atoms with Gasteiger partial charge in [0.05, 0.1) is 0 Å². The molecule has 15 heavy (non-hydrogen) atoms. The van der Waals surface area contributed by atoms with E-state index in [1.54, 1.807) is 12.4 Å². The fraction of sp³-hybridized carbons (Fsp3) is 0.0833. The molecule has 2 aromatic rings. The molecule has 0 aliphatic carbocycles. The van der Waals surface area contributed by atoms with E-state index in [1.165, 1.54) is 12.1 Å². The van der Waals surface area contributed by atoms with Crippen LogP contribution in [0.4, 0.5) is 4.39 Å². The summed E-state index contributed by atoms with van der Waals surface area (Å²) in [6, 6.07) is 8.52. The highest BCUT2D eigenvalue weighted by Crippen LogP contribution is 2.20. The molecule has 0 aliphatic heterocycles. The molecule has 0 saturated heterocycles. The first-order chi connectivity index (χ1) is 7.29. The van der Waals surface area contributed by atoms with Crippen molar-refractivity contribution in [1.82, 2.24) is 4.98 Å². The van der Waals surface area contributed by atoms with E-state index in [-0.39, 0.29) is 5.82 Å². The molecule has 0 radical (unpaired) electrons. The summed E-state index contributed by atoms with van der Waals surface area (Å²) in [6.45, 7) is 0.343. The van der Waals surface area contributed by atoms with Crippen molar-refractivity contribution in [3.63, 3.8) is 0 Å². The second-order valence-electron chi connectivity index (χ2n) is 3.29. The van der Waals surface area contributed by atoms with Gasteiger partial charge in [0.15, 0.2) is 0 Å². The van der Waals surface area contributed by atoms with Crippen LogP contribution in [0.15, 0.2) is 42.7 Å². The van der Waals surface area contributed by atoms with Crippen LogP contribution in [0.2, 0.25) is 0 Å². The van der Waals surface area contributed by atoms with Gasteiger partial charge in [-0.2, -0.15) is 0 Å². The van der Waals surface area contributed by atoms with Crippen LogP contribution < -0.4 is 5.73 Å². The van der Waals surface area contributed by atoms with Crippen molar-refractivity contribution in [2.24, 2.45) is 5.73 Å². The van der Waals surface area contributed by atoms with Crippen LogP contribution in [-0.4, -0.2) is 4.98 Å². The van der Waals surface area contributed by atoms with E-state index in [0.29, 0.717) is 6.54 Å². The number of benzene rings is 1. The summed E-state index contributed by atoms with van der Waals surface area (Å²) in [4.78, 5) is 3.92. The predicted octanol–water partition coefficient (Wildman–Crippen LogP) is 2.35. The Bertz CT molecular complexity index is 454. The van der Waals surface area contributed by atoms with Gasteiger partial charge < -0.3 is 5.73 Å². The van der Waals surface area contributed by atoms with Crippen molar-refractivity contribution >= 4 is 0 Å². The van der Waals surface area contributed by atoms with Gasteiger partial charge >= 0.3 is 0 Å². The Morgan fingerprint density at radius 2 is 1.80 bits per heavy atom. The van der Waals surface area contributed by atoms with Crippen molar-refractivity contribution in [2.75, 3.05) is 0 Å². The van der Waals surface area contributed by atoms with E-state index in [2.05, 4.69) is 4.98 Å². The van der Waals surface area contributed by atoms with E-state index >= 15 is 0 Å². The summed E-state index contributed by atoms with van der Waals surface area (Å²) in [6.07, 6.45) is 3.37. The topological polar surface area (TPSA) is 38.9 Å². The number of pyridine rings is 1. The molecule has 0 saturated carbocycles. The third-order valence-corrected chi connectivity index (χ3v) is 2.21. The Morgan fingerprint density at radius 1 is 1.07 bits per heavy atom. The van der Waals surface area contributed by atoms with Gasteiger partial charge in [0.25, 0.3) is 0 Å². The van der Waals surface area contributed by atoms with Crippen LogP contribution in [0, 0.1) is 5.82 Å². The van der Waals surface area contributed by atoms with Crippen molar-refractivity contribution in [3.05, 3.63) is 54.1 Å². The highest BCUT2D eigenvalue weighted by atomic mass is 19.1. The minimum absolute atomic E-state index is 0.259. The summed E-state index contributed by atoms with van der Waals surface area (Å²) in [5.74, 6) is -0.259. The zero-order valence-corrected chi connectivity index (χ0v) is 8.15. The standard InChI is InChI=1S/C12H11FN2/c13-12-6-9(8-14)5-11(7-12)10-1-3-15-4-2-10/h1-7H,8,14H2.